The van der Waals surface area contributed by atoms with Crippen LogP contribution in [0.5, 0.6) is 11.5 Å². The summed E-state index contributed by atoms with van der Waals surface area (Å²) < 4.78 is 44.0. The third-order valence-corrected chi connectivity index (χ3v) is 8.03. The molecule has 0 saturated carbocycles. The predicted octanol–water partition coefficient (Wildman–Crippen LogP) is 1.83. The van der Waals surface area contributed by atoms with Gasteiger partial charge in [0.15, 0.2) is 6.10 Å². The molecule has 0 radical (unpaired) electrons. The first kappa shape index (κ1) is 24.3. The Balaban J connectivity index is 1.34. The molecule has 0 spiro atoms. The van der Waals surface area contributed by atoms with E-state index in [9.17, 15) is 13.2 Å². The molecule has 2 aliphatic heterocycles. The van der Waals surface area contributed by atoms with Crippen LogP contribution < -0.4 is 14.4 Å². The summed E-state index contributed by atoms with van der Waals surface area (Å²) in [5.41, 5.74) is 1.04. The number of rotatable bonds is 7. The van der Waals surface area contributed by atoms with Gasteiger partial charge in [0, 0.05) is 45.0 Å². The summed E-state index contributed by atoms with van der Waals surface area (Å²) in [6.45, 7) is 5.87. The first-order valence-corrected chi connectivity index (χ1v) is 12.8. The van der Waals surface area contributed by atoms with Crippen molar-refractivity contribution in [2.75, 3.05) is 64.5 Å². The van der Waals surface area contributed by atoms with Crippen LogP contribution in [0.15, 0.2) is 53.4 Å². The van der Waals surface area contributed by atoms with E-state index in [-0.39, 0.29) is 10.8 Å². The average Bonchev–Trinajstić information content (AvgIpc) is 2.89. The third-order valence-electron chi connectivity index (χ3n) is 6.12. The number of ether oxygens (including phenoxy) is 3. The number of hydrogen-bond donors (Lipinski definition) is 0. The molecule has 1 amide bonds. The molecule has 2 heterocycles. The summed E-state index contributed by atoms with van der Waals surface area (Å²) in [4.78, 5) is 16.6. The van der Waals surface area contributed by atoms with E-state index in [0.29, 0.717) is 58.2 Å². The normalized spacial score (nSPS) is 18.4. The number of anilines is 1. The topological polar surface area (TPSA) is 88.6 Å². The fraction of sp³-hybridized carbons (Fsp3) is 0.458. The van der Waals surface area contributed by atoms with Crippen molar-refractivity contribution in [2.45, 2.75) is 17.9 Å². The van der Waals surface area contributed by atoms with Crippen LogP contribution in [0, 0.1) is 0 Å². The van der Waals surface area contributed by atoms with E-state index in [1.807, 2.05) is 24.3 Å². The minimum atomic E-state index is -3.61. The van der Waals surface area contributed by atoms with Gasteiger partial charge in [-0.05, 0) is 55.5 Å². The van der Waals surface area contributed by atoms with Gasteiger partial charge < -0.3 is 24.0 Å². The summed E-state index contributed by atoms with van der Waals surface area (Å²) in [6, 6.07) is 14.0. The molecule has 0 N–H and O–H groups in total. The summed E-state index contributed by atoms with van der Waals surface area (Å²) in [7, 11) is -1.99. The standard InChI is InChI=1S/C24H31N3O6S/c1-19(24(28)26-15-17-32-18-16-26)33-22-7-9-23(10-8-22)34(29,30)27-13-11-25(12-14-27)20-3-5-21(31-2)6-4-20/h3-10,19H,11-18H2,1-2H3/t19-/m1/s1. The zero-order valence-corrected chi connectivity index (χ0v) is 20.4. The molecule has 2 fully saturated rings. The molecular weight excluding hydrogens is 458 g/mol. The summed E-state index contributed by atoms with van der Waals surface area (Å²) in [5, 5.41) is 0. The number of piperazine rings is 1. The summed E-state index contributed by atoms with van der Waals surface area (Å²) in [5.74, 6) is 1.14. The lowest BCUT2D eigenvalue weighted by Crippen LogP contribution is -2.48. The van der Waals surface area contributed by atoms with Crippen LogP contribution in [-0.2, 0) is 19.6 Å². The van der Waals surface area contributed by atoms with E-state index in [2.05, 4.69) is 4.90 Å². The van der Waals surface area contributed by atoms with Crippen LogP contribution in [0.25, 0.3) is 0 Å². The van der Waals surface area contributed by atoms with Gasteiger partial charge in [0.25, 0.3) is 5.91 Å². The Morgan fingerprint density at radius 2 is 1.47 bits per heavy atom. The molecule has 0 unspecified atom stereocenters. The fourth-order valence-electron chi connectivity index (χ4n) is 4.11. The van der Waals surface area contributed by atoms with Crippen LogP contribution in [0.3, 0.4) is 0 Å². The van der Waals surface area contributed by atoms with Gasteiger partial charge in [-0.15, -0.1) is 0 Å². The maximum Gasteiger partial charge on any atom is 0.263 e. The van der Waals surface area contributed by atoms with Crippen LogP contribution in [0.1, 0.15) is 6.92 Å². The number of amides is 1. The van der Waals surface area contributed by atoms with Gasteiger partial charge in [0.2, 0.25) is 10.0 Å². The van der Waals surface area contributed by atoms with Crippen LogP contribution in [-0.4, -0.2) is 89.2 Å². The summed E-state index contributed by atoms with van der Waals surface area (Å²) in [6.07, 6.45) is -0.661. The van der Waals surface area contributed by atoms with Crippen molar-refractivity contribution in [3.63, 3.8) is 0 Å². The highest BCUT2D eigenvalue weighted by Crippen LogP contribution is 2.24. The maximum absolute atomic E-state index is 13.1. The second kappa shape index (κ2) is 10.6. The molecule has 34 heavy (non-hydrogen) atoms. The highest BCUT2D eigenvalue weighted by molar-refractivity contribution is 7.89. The van der Waals surface area contributed by atoms with Gasteiger partial charge in [0.05, 0.1) is 25.2 Å². The first-order valence-electron chi connectivity index (χ1n) is 11.4. The van der Waals surface area contributed by atoms with Gasteiger partial charge in [0.1, 0.15) is 11.5 Å². The van der Waals surface area contributed by atoms with E-state index in [1.54, 1.807) is 31.1 Å². The molecule has 4 rings (SSSR count). The number of carbonyl (C=O) groups excluding carboxylic acids is 1. The maximum atomic E-state index is 13.1. The lowest BCUT2D eigenvalue weighted by atomic mass is 10.2. The lowest BCUT2D eigenvalue weighted by molar-refractivity contribution is -0.142. The number of methoxy groups -OCH3 is 1. The fourth-order valence-corrected chi connectivity index (χ4v) is 5.54. The number of sulfonamides is 1. The first-order chi connectivity index (χ1) is 16.4. The summed E-state index contributed by atoms with van der Waals surface area (Å²) >= 11 is 0. The van der Waals surface area contributed by atoms with Crippen LogP contribution >= 0.6 is 0 Å². The van der Waals surface area contributed by atoms with E-state index in [1.165, 1.54) is 16.4 Å². The number of carbonyl (C=O) groups is 1. The van der Waals surface area contributed by atoms with Crippen molar-refractivity contribution in [2.24, 2.45) is 0 Å². The van der Waals surface area contributed by atoms with Crippen LogP contribution in [0.2, 0.25) is 0 Å². The monoisotopic (exact) mass is 489 g/mol. The molecule has 1 atom stereocenters. The molecule has 2 aromatic rings. The molecular formula is C24H31N3O6S. The highest BCUT2D eigenvalue weighted by atomic mass is 32.2. The number of morpholine rings is 1. The minimum Gasteiger partial charge on any atom is -0.497 e. The van der Waals surface area contributed by atoms with Crippen molar-refractivity contribution in [1.29, 1.82) is 0 Å². The molecule has 0 bridgehead atoms. The Morgan fingerprint density at radius 1 is 0.882 bits per heavy atom. The number of hydrogen-bond acceptors (Lipinski definition) is 7. The Morgan fingerprint density at radius 3 is 2.06 bits per heavy atom. The van der Waals surface area contributed by atoms with E-state index >= 15 is 0 Å². The second-order valence-electron chi connectivity index (χ2n) is 8.26. The molecule has 2 aliphatic rings. The molecule has 10 heteroatoms. The van der Waals surface area contributed by atoms with Crippen molar-refractivity contribution in [3.8, 4) is 11.5 Å². The Kier molecular flexibility index (Phi) is 7.60. The van der Waals surface area contributed by atoms with Crippen LogP contribution in [0.4, 0.5) is 5.69 Å². The SMILES string of the molecule is COc1ccc(N2CCN(S(=O)(=O)c3ccc(O[C@H](C)C(=O)N4CCOCC4)cc3)CC2)cc1. The quantitative estimate of drug-likeness (QED) is 0.586. The lowest BCUT2D eigenvalue weighted by Gasteiger charge is -2.35. The zero-order chi connectivity index (χ0) is 24.1. The molecule has 0 aromatic heterocycles. The number of benzene rings is 2. The van der Waals surface area contributed by atoms with Crippen molar-refractivity contribution >= 4 is 21.6 Å². The van der Waals surface area contributed by atoms with E-state index in [4.69, 9.17) is 14.2 Å². The van der Waals surface area contributed by atoms with Gasteiger partial charge in [-0.25, -0.2) is 8.42 Å². The Bertz CT molecular complexity index is 1060. The predicted molar refractivity (Wildman–Crippen MR) is 128 cm³/mol. The molecule has 9 nitrogen and oxygen atoms in total. The number of nitrogens with zero attached hydrogens (tertiary/aromatic N) is 3. The highest BCUT2D eigenvalue weighted by Gasteiger charge is 2.29. The largest absolute Gasteiger partial charge is 0.497 e. The van der Waals surface area contributed by atoms with E-state index < -0.39 is 16.1 Å². The Hall–Kier alpha value is -2.82. The molecule has 2 aromatic carbocycles. The van der Waals surface area contributed by atoms with Crippen molar-refractivity contribution in [1.82, 2.24) is 9.21 Å². The molecule has 2 saturated heterocycles. The van der Waals surface area contributed by atoms with Crippen molar-refractivity contribution < 1.29 is 27.4 Å². The van der Waals surface area contributed by atoms with Gasteiger partial charge >= 0.3 is 0 Å². The van der Waals surface area contributed by atoms with Gasteiger partial charge in [-0.2, -0.15) is 4.31 Å². The van der Waals surface area contributed by atoms with Crippen molar-refractivity contribution in [3.05, 3.63) is 48.5 Å². The third kappa shape index (κ3) is 5.45. The molecule has 184 valence electrons. The molecule has 0 aliphatic carbocycles. The Labute approximate surface area is 200 Å². The zero-order valence-electron chi connectivity index (χ0n) is 19.6. The van der Waals surface area contributed by atoms with Gasteiger partial charge in [-0.3, -0.25) is 4.79 Å². The second-order valence-corrected chi connectivity index (χ2v) is 10.2. The average molecular weight is 490 g/mol. The smallest absolute Gasteiger partial charge is 0.263 e. The van der Waals surface area contributed by atoms with Gasteiger partial charge in [-0.1, -0.05) is 0 Å². The van der Waals surface area contributed by atoms with E-state index in [0.717, 1.165) is 11.4 Å². The minimum absolute atomic E-state index is 0.102.